The minimum absolute atomic E-state index is 0.0241. The van der Waals surface area contributed by atoms with Crippen LogP contribution in [0.25, 0.3) is 0 Å². The van der Waals surface area contributed by atoms with Crippen molar-refractivity contribution in [2.75, 3.05) is 11.9 Å². The number of anilines is 1. The smallest absolute Gasteiger partial charge is 0.376 e. The van der Waals surface area contributed by atoms with Crippen LogP contribution in [0.1, 0.15) is 36.9 Å². The van der Waals surface area contributed by atoms with Gasteiger partial charge in [0.2, 0.25) is 5.91 Å². The molecule has 0 aliphatic carbocycles. The molecule has 0 saturated carbocycles. The van der Waals surface area contributed by atoms with Crippen molar-refractivity contribution in [2.24, 2.45) is 0 Å². The van der Waals surface area contributed by atoms with Crippen molar-refractivity contribution in [3.05, 3.63) is 23.4 Å². The fourth-order valence-electron chi connectivity index (χ4n) is 3.22. The molecule has 0 bridgehead atoms. The number of halogens is 3. The largest absolute Gasteiger partial charge is 0.433 e. The quantitative estimate of drug-likeness (QED) is 0.869. The molecule has 0 spiro atoms. The maximum absolute atomic E-state index is 12.9. The Hall–Kier alpha value is -2.34. The SMILES string of the molecule is N#Cc1ccc(C(F)(F)F)nc1N[C@H]1CCC(=O)N[C@@H]1C1CCCO1. The summed E-state index contributed by atoms with van der Waals surface area (Å²) in [7, 11) is 0. The number of hydrogen-bond donors (Lipinski definition) is 2. The van der Waals surface area contributed by atoms with Gasteiger partial charge in [-0.25, -0.2) is 4.98 Å². The third kappa shape index (κ3) is 3.85. The molecule has 2 fully saturated rings. The van der Waals surface area contributed by atoms with Crippen LogP contribution in [0, 0.1) is 11.3 Å². The number of nitriles is 1. The summed E-state index contributed by atoms with van der Waals surface area (Å²) in [5.74, 6) is -0.238. The predicted octanol–water partition coefficient (Wildman–Crippen LogP) is 2.21. The number of amides is 1. The van der Waals surface area contributed by atoms with Crippen molar-refractivity contribution < 1.29 is 22.7 Å². The zero-order valence-electron chi connectivity index (χ0n) is 13.3. The first-order chi connectivity index (χ1) is 11.9. The van der Waals surface area contributed by atoms with Crippen LogP contribution >= 0.6 is 0 Å². The van der Waals surface area contributed by atoms with Crippen LogP contribution in [0.2, 0.25) is 0 Å². The number of carbonyl (C=O) groups excluding carboxylic acids is 1. The average Bonchev–Trinajstić information content (AvgIpc) is 3.10. The lowest BCUT2D eigenvalue weighted by molar-refractivity contribution is -0.141. The molecule has 25 heavy (non-hydrogen) atoms. The summed E-state index contributed by atoms with van der Waals surface area (Å²) < 4.78 is 44.3. The maximum Gasteiger partial charge on any atom is 0.433 e. The van der Waals surface area contributed by atoms with Crippen LogP contribution in [-0.2, 0) is 15.7 Å². The minimum Gasteiger partial charge on any atom is -0.376 e. The molecule has 1 aromatic heterocycles. The van der Waals surface area contributed by atoms with Gasteiger partial charge in [0.1, 0.15) is 17.6 Å². The number of rotatable bonds is 3. The lowest BCUT2D eigenvalue weighted by Crippen LogP contribution is -2.57. The summed E-state index contributed by atoms with van der Waals surface area (Å²) in [5, 5.41) is 14.9. The number of pyridine rings is 1. The van der Waals surface area contributed by atoms with Crippen molar-refractivity contribution in [1.29, 1.82) is 5.26 Å². The van der Waals surface area contributed by atoms with Crippen molar-refractivity contribution in [3.63, 3.8) is 0 Å². The molecule has 0 radical (unpaired) electrons. The third-order valence-corrected chi connectivity index (χ3v) is 4.44. The van der Waals surface area contributed by atoms with Gasteiger partial charge in [0, 0.05) is 13.0 Å². The number of ether oxygens (including phenoxy) is 1. The van der Waals surface area contributed by atoms with Crippen LogP contribution in [-0.4, -0.2) is 35.7 Å². The summed E-state index contributed by atoms with van der Waals surface area (Å²) in [6.45, 7) is 0.592. The van der Waals surface area contributed by atoms with E-state index in [2.05, 4.69) is 15.6 Å². The number of nitrogens with one attached hydrogen (secondary N) is 2. The van der Waals surface area contributed by atoms with Gasteiger partial charge in [-0.05, 0) is 31.4 Å². The molecule has 3 atom stereocenters. The van der Waals surface area contributed by atoms with E-state index < -0.39 is 11.9 Å². The summed E-state index contributed by atoms with van der Waals surface area (Å²) >= 11 is 0. The molecule has 3 rings (SSSR count). The Morgan fingerprint density at radius 2 is 2.16 bits per heavy atom. The van der Waals surface area contributed by atoms with Crippen LogP contribution in [0.15, 0.2) is 12.1 Å². The Morgan fingerprint density at radius 1 is 1.36 bits per heavy atom. The Bertz CT molecular complexity index is 696. The number of hydrogen-bond acceptors (Lipinski definition) is 5. The highest BCUT2D eigenvalue weighted by atomic mass is 19.4. The average molecular weight is 354 g/mol. The van der Waals surface area contributed by atoms with E-state index in [0.29, 0.717) is 13.0 Å². The number of alkyl halides is 3. The van der Waals surface area contributed by atoms with E-state index in [1.165, 1.54) is 0 Å². The second kappa shape index (κ2) is 6.88. The molecule has 1 aromatic rings. The van der Waals surface area contributed by atoms with Gasteiger partial charge >= 0.3 is 6.18 Å². The van der Waals surface area contributed by atoms with Gasteiger partial charge in [0.25, 0.3) is 0 Å². The molecular formula is C16H17F3N4O2. The molecule has 3 heterocycles. The van der Waals surface area contributed by atoms with Crippen LogP contribution in [0.4, 0.5) is 19.0 Å². The fraction of sp³-hybridized carbons (Fsp3) is 0.562. The van der Waals surface area contributed by atoms with Crippen molar-refractivity contribution in [1.82, 2.24) is 10.3 Å². The van der Waals surface area contributed by atoms with Crippen molar-refractivity contribution in [3.8, 4) is 6.07 Å². The zero-order chi connectivity index (χ0) is 18.0. The number of carbonyl (C=O) groups is 1. The summed E-state index contributed by atoms with van der Waals surface area (Å²) in [6.07, 6.45) is -2.47. The topological polar surface area (TPSA) is 87.0 Å². The third-order valence-electron chi connectivity index (χ3n) is 4.44. The molecule has 6 nitrogen and oxygen atoms in total. The zero-order valence-corrected chi connectivity index (χ0v) is 13.3. The summed E-state index contributed by atoms with van der Waals surface area (Å²) in [5.41, 5.74) is -1.04. The Balaban J connectivity index is 1.86. The molecule has 0 aromatic carbocycles. The number of nitrogens with zero attached hydrogens (tertiary/aromatic N) is 2. The molecule has 2 aliphatic rings. The number of piperidine rings is 1. The highest BCUT2D eigenvalue weighted by Crippen LogP contribution is 2.31. The van der Waals surface area contributed by atoms with Crippen molar-refractivity contribution >= 4 is 11.7 Å². The molecule has 134 valence electrons. The van der Waals surface area contributed by atoms with Crippen LogP contribution in [0.3, 0.4) is 0 Å². The van der Waals surface area contributed by atoms with Gasteiger partial charge in [-0.3, -0.25) is 4.79 Å². The van der Waals surface area contributed by atoms with Gasteiger partial charge in [0.15, 0.2) is 0 Å². The van der Waals surface area contributed by atoms with Gasteiger partial charge in [-0.2, -0.15) is 18.4 Å². The highest BCUT2D eigenvalue weighted by molar-refractivity contribution is 5.77. The highest BCUT2D eigenvalue weighted by Gasteiger charge is 2.38. The van der Waals surface area contributed by atoms with Crippen molar-refractivity contribution in [2.45, 2.75) is 50.0 Å². The van der Waals surface area contributed by atoms with Gasteiger partial charge in [-0.15, -0.1) is 0 Å². The molecular weight excluding hydrogens is 337 g/mol. The minimum atomic E-state index is -4.60. The molecule has 1 unspecified atom stereocenters. The normalized spacial score (nSPS) is 26.8. The Morgan fingerprint density at radius 3 is 2.80 bits per heavy atom. The van der Waals surface area contributed by atoms with Gasteiger partial charge in [-0.1, -0.05) is 0 Å². The second-order valence-electron chi connectivity index (χ2n) is 6.14. The van der Waals surface area contributed by atoms with E-state index in [4.69, 9.17) is 10.00 Å². The summed E-state index contributed by atoms with van der Waals surface area (Å²) in [4.78, 5) is 15.3. The number of aromatic nitrogens is 1. The first kappa shape index (κ1) is 17.5. The first-order valence-electron chi connectivity index (χ1n) is 8.04. The van der Waals surface area contributed by atoms with E-state index in [9.17, 15) is 18.0 Å². The van der Waals surface area contributed by atoms with Crippen LogP contribution in [0.5, 0.6) is 0 Å². The molecule has 2 saturated heterocycles. The monoisotopic (exact) mass is 354 g/mol. The van der Waals surface area contributed by atoms with Gasteiger partial charge < -0.3 is 15.4 Å². The lowest BCUT2D eigenvalue weighted by Gasteiger charge is -2.36. The van der Waals surface area contributed by atoms with E-state index in [-0.39, 0.29) is 41.9 Å². The van der Waals surface area contributed by atoms with Crippen LogP contribution < -0.4 is 10.6 Å². The standard InChI is InChI=1S/C16H17F3N4O2/c17-16(18,19)12-5-3-9(8-20)15(22-12)21-10-4-6-13(24)23-14(10)11-2-1-7-25-11/h3,5,10-11,14H,1-2,4,6-7H2,(H,21,22)(H,23,24)/t10-,11?,14-/m0/s1. The Kier molecular flexibility index (Phi) is 4.81. The van der Waals surface area contributed by atoms with E-state index in [1.807, 2.05) is 6.07 Å². The maximum atomic E-state index is 12.9. The molecule has 1 amide bonds. The Labute approximate surface area is 142 Å². The lowest BCUT2D eigenvalue weighted by atomic mass is 9.92. The first-order valence-corrected chi connectivity index (χ1v) is 8.04. The van der Waals surface area contributed by atoms with Gasteiger partial charge in [0.05, 0.1) is 23.8 Å². The van der Waals surface area contributed by atoms with E-state index in [1.54, 1.807) is 0 Å². The summed E-state index contributed by atoms with van der Waals surface area (Å²) in [6, 6.07) is 3.00. The molecule has 2 N–H and O–H groups in total. The van der Waals surface area contributed by atoms with E-state index >= 15 is 0 Å². The molecule has 2 aliphatic heterocycles. The second-order valence-corrected chi connectivity index (χ2v) is 6.14. The molecule has 9 heteroatoms. The predicted molar refractivity (Wildman–Crippen MR) is 81.5 cm³/mol. The fourth-order valence-corrected chi connectivity index (χ4v) is 3.22. The van der Waals surface area contributed by atoms with E-state index in [0.717, 1.165) is 25.0 Å².